The first-order valence-electron chi connectivity index (χ1n) is 6.80. The number of hydrogen-bond donors (Lipinski definition) is 1. The minimum atomic E-state index is 0.201. The number of hydrogen-bond acceptors (Lipinski definition) is 2. The molecule has 3 heteroatoms. The van der Waals surface area contributed by atoms with Crippen LogP contribution in [0.25, 0.3) is 0 Å². The molecule has 3 nitrogen and oxygen atoms in total. The fraction of sp³-hybridized carbons (Fsp3) is 0.533. The molecule has 1 amide bonds. The van der Waals surface area contributed by atoms with Gasteiger partial charge in [-0.2, -0.15) is 0 Å². The van der Waals surface area contributed by atoms with Crippen molar-refractivity contribution in [2.24, 2.45) is 5.73 Å². The number of benzene rings is 1. The molecule has 2 aliphatic heterocycles. The number of nitrogens with zero attached hydrogens (tertiary/aromatic N) is 1. The summed E-state index contributed by atoms with van der Waals surface area (Å²) in [6.07, 6.45) is 4.17. The van der Waals surface area contributed by atoms with E-state index in [0.717, 1.165) is 36.8 Å². The summed E-state index contributed by atoms with van der Waals surface area (Å²) in [6.45, 7) is 2.00. The third-order valence-corrected chi connectivity index (χ3v) is 4.38. The molecule has 2 N–H and O–H groups in total. The molecule has 0 radical (unpaired) electrons. The summed E-state index contributed by atoms with van der Waals surface area (Å²) in [5, 5.41) is 0. The Hall–Kier alpha value is -1.35. The summed E-state index contributed by atoms with van der Waals surface area (Å²) in [7, 11) is 0. The van der Waals surface area contributed by atoms with Crippen molar-refractivity contribution in [1.82, 2.24) is 4.90 Å². The predicted molar refractivity (Wildman–Crippen MR) is 71.4 cm³/mol. The second kappa shape index (κ2) is 4.39. The number of aryl methyl sites for hydroxylation is 1. The van der Waals surface area contributed by atoms with Gasteiger partial charge < -0.3 is 10.6 Å². The van der Waals surface area contributed by atoms with Crippen LogP contribution in [0.4, 0.5) is 0 Å². The van der Waals surface area contributed by atoms with Crippen molar-refractivity contribution in [2.45, 2.75) is 50.7 Å². The Kier molecular flexibility index (Phi) is 2.86. The van der Waals surface area contributed by atoms with Crippen molar-refractivity contribution in [2.75, 3.05) is 0 Å². The highest BCUT2D eigenvalue weighted by Gasteiger charge is 2.42. The lowest BCUT2D eigenvalue weighted by Crippen LogP contribution is -2.50. The maximum Gasteiger partial charge on any atom is 0.254 e. The fourth-order valence-corrected chi connectivity index (χ4v) is 3.50. The van der Waals surface area contributed by atoms with E-state index in [0.29, 0.717) is 12.1 Å². The standard InChI is InChI=1S/C15H20N2O/c1-10-4-2-3-5-14(10)15(18)17-12-6-7-13(17)9-11(16)8-12/h2-5,11-13H,6-9,16H2,1H3. The lowest BCUT2D eigenvalue weighted by molar-refractivity contribution is 0.0574. The number of amides is 1. The topological polar surface area (TPSA) is 46.3 Å². The average molecular weight is 244 g/mol. The molecule has 2 saturated heterocycles. The smallest absolute Gasteiger partial charge is 0.254 e. The summed E-state index contributed by atoms with van der Waals surface area (Å²) >= 11 is 0. The van der Waals surface area contributed by atoms with Gasteiger partial charge in [0.25, 0.3) is 5.91 Å². The summed E-state index contributed by atoms with van der Waals surface area (Å²) in [4.78, 5) is 14.8. The Morgan fingerprint density at radius 2 is 1.83 bits per heavy atom. The van der Waals surface area contributed by atoms with Gasteiger partial charge >= 0.3 is 0 Å². The fourth-order valence-electron chi connectivity index (χ4n) is 3.50. The van der Waals surface area contributed by atoms with Crippen LogP contribution in [0.2, 0.25) is 0 Å². The molecule has 2 atom stereocenters. The molecular formula is C15H20N2O. The van der Waals surface area contributed by atoms with Crippen LogP contribution in [-0.2, 0) is 0 Å². The van der Waals surface area contributed by atoms with Gasteiger partial charge in [-0.15, -0.1) is 0 Å². The third kappa shape index (κ3) is 1.83. The molecular weight excluding hydrogens is 224 g/mol. The maximum atomic E-state index is 12.7. The zero-order valence-electron chi connectivity index (χ0n) is 10.8. The quantitative estimate of drug-likeness (QED) is 0.822. The first kappa shape index (κ1) is 11.7. The van der Waals surface area contributed by atoms with Crippen LogP contribution >= 0.6 is 0 Å². The lowest BCUT2D eigenvalue weighted by atomic mass is 9.96. The molecule has 2 aliphatic rings. The molecule has 2 unspecified atom stereocenters. The van der Waals surface area contributed by atoms with Crippen LogP contribution in [0.1, 0.15) is 41.6 Å². The second-order valence-corrected chi connectivity index (χ2v) is 5.64. The van der Waals surface area contributed by atoms with Gasteiger partial charge in [0.2, 0.25) is 0 Å². The minimum Gasteiger partial charge on any atom is -0.333 e. The van der Waals surface area contributed by atoms with Crippen molar-refractivity contribution >= 4 is 5.91 Å². The molecule has 0 aromatic heterocycles. The van der Waals surface area contributed by atoms with Crippen LogP contribution in [0, 0.1) is 6.92 Å². The highest BCUT2D eigenvalue weighted by molar-refractivity contribution is 5.96. The number of fused-ring (bicyclic) bond motifs is 2. The SMILES string of the molecule is Cc1ccccc1C(=O)N1C2CCC1CC(N)C2. The van der Waals surface area contributed by atoms with Gasteiger partial charge in [0.05, 0.1) is 0 Å². The first-order valence-corrected chi connectivity index (χ1v) is 6.80. The Balaban J connectivity index is 1.88. The van der Waals surface area contributed by atoms with Crippen molar-refractivity contribution in [3.63, 3.8) is 0 Å². The molecule has 0 aliphatic carbocycles. The van der Waals surface area contributed by atoms with Crippen LogP contribution in [0.5, 0.6) is 0 Å². The molecule has 1 aromatic carbocycles. The molecule has 96 valence electrons. The number of carbonyl (C=O) groups excluding carboxylic acids is 1. The Morgan fingerprint density at radius 3 is 2.44 bits per heavy atom. The van der Waals surface area contributed by atoms with Gasteiger partial charge in [-0.3, -0.25) is 4.79 Å². The van der Waals surface area contributed by atoms with Gasteiger partial charge in [-0.1, -0.05) is 18.2 Å². The van der Waals surface area contributed by atoms with E-state index in [1.807, 2.05) is 31.2 Å². The average Bonchev–Trinajstić information content (AvgIpc) is 2.61. The van der Waals surface area contributed by atoms with Crippen LogP contribution in [0.15, 0.2) is 24.3 Å². The zero-order chi connectivity index (χ0) is 12.7. The zero-order valence-corrected chi connectivity index (χ0v) is 10.8. The monoisotopic (exact) mass is 244 g/mol. The van der Waals surface area contributed by atoms with Crippen molar-refractivity contribution in [3.8, 4) is 0 Å². The van der Waals surface area contributed by atoms with E-state index < -0.39 is 0 Å². The highest BCUT2D eigenvalue weighted by atomic mass is 16.2. The summed E-state index contributed by atoms with van der Waals surface area (Å²) < 4.78 is 0. The van der Waals surface area contributed by atoms with Gasteiger partial charge in [0.1, 0.15) is 0 Å². The van der Waals surface area contributed by atoms with E-state index in [1.54, 1.807) is 0 Å². The van der Waals surface area contributed by atoms with Gasteiger partial charge in [0, 0.05) is 23.7 Å². The van der Waals surface area contributed by atoms with E-state index in [9.17, 15) is 4.79 Å². The van der Waals surface area contributed by atoms with E-state index in [-0.39, 0.29) is 11.9 Å². The summed E-state index contributed by atoms with van der Waals surface area (Å²) in [6, 6.07) is 8.88. The van der Waals surface area contributed by atoms with Gasteiger partial charge in [0.15, 0.2) is 0 Å². The number of nitrogens with two attached hydrogens (primary N) is 1. The molecule has 3 rings (SSSR count). The molecule has 0 saturated carbocycles. The Morgan fingerprint density at radius 1 is 1.22 bits per heavy atom. The number of rotatable bonds is 1. The number of carbonyl (C=O) groups is 1. The maximum absolute atomic E-state index is 12.7. The Labute approximate surface area is 108 Å². The van der Waals surface area contributed by atoms with Crippen molar-refractivity contribution in [3.05, 3.63) is 35.4 Å². The normalized spacial score (nSPS) is 30.6. The van der Waals surface area contributed by atoms with Crippen LogP contribution < -0.4 is 5.73 Å². The third-order valence-electron chi connectivity index (χ3n) is 4.38. The van der Waals surface area contributed by atoms with Crippen LogP contribution in [0.3, 0.4) is 0 Å². The molecule has 1 aromatic rings. The second-order valence-electron chi connectivity index (χ2n) is 5.64. The van der Waals surface area contributed by atoms with Gasteiger partial charge in [-0.05, 0) is 44.2 Å². The van der Waals surface area contributed by atoms with E-state index in [2.05, 4.69) is 4.90 Å². The number of piperidine rings is 1. The predicted octanol–water partition coefficient (Wildman–Crippen LogP) is 2.09. The summed E-state index contributed by atoms with van der Waals surface area (Å²) in [5.41, 5.74) is 7.97. The molecule has 2 bridgehead atoms. The van der Waals surface area contributed by atoms with E-state index >= 15 is 0 Å². The molecule has 2 fully saturated rings. The first-order chi connectivity index (χ1) is 8.66. The van der Waals surface area contributed by atoms with Gasteiger partial charge in [-0.25, -0.2) is 0 Å². The van der Waals surface area contributed by atoms with E-state index in [1.165, 1.54) is 0 Å². The van der Waals surface area contributed by atoms with Crippen LogP contribution in [-0.4, -0.2) is 28.9 Å². The Bertz CT molecular complexity index is 457. The minimum absolute atomic E-state index is 0.201. The largest absolute Gasteiger partial charge is 0.333 e. The van der Waals surface area contributed by atoms with E-state index in [4.69, 9.17) is 5.73 Å². The lowest BCUT2D eigenvalue weighted by Gasteiger charge is -2.38. The van der Waals surface area contributed by atoms with Crippen molar-refractivity contribution in [1.29, 1.82) is 0 Å². The highest BCUT2D eigenvalue weighted by Crippen LogP contribution is 2.36. The van der Waals surface area contributed by atoms with Crippen molar-refractivity contribution < 1.29 is 4.79 Å². The molecule has 2 heterocycles. The molecule has 18 heavy (non-hydrogen) atoms. The molecule has 0 spiro atoms. The summed E-state index contributed by atoms with van der Waals surface area (Å²) in [5.74, 6) is 0.201.